The van der Waals surface area contributed by atoms with E-state index in [4.69, 9.17) is 16.3 Å². The van der Waals surface area contributed by atoms with Crippen molar-refractivity contribution in [3.05, 3.63) is 29.8 Å². The smallest absolute Gasteiger partial charge is 0.119 e. The SMILES string of the molecule is COc1cccc(CCN2CCCC[C@H]2Cl)c1. The number of alkyl halides is 1. The Morgan fingerprint density at radius 2 is 2.29 bits per heavy atom. The number of halogens is 1. The molecular formula is C14H20ClNO. The van der Waals surface area contributed by atoms with E-state index in [0.29, 0.717) is 0 Å². The number of likely N-dealkylation sites (tertiary alicyclic amines) is 1. The van der Waals surface area contributed by atoms with Crippen LogP contribution < -0.4 is 4.74 Å². The lowest BCUT2D eigenvalue weighted by atomic mass is 10.1. The van der Waals surface area contributed by atoms with E-state index in [1.807, 2.05) is 12.1 Å². The molecule has 1 fully saturated rings. The molecule has 1 atom stereocenters. The number of hydrogen-bond donors (Lipinski definition) is 0. The van der Waals surface area contributed by atoms with Crippen molar-refractivity contribution in [2.45, 2.75) is 31.2 Å². The minimum Gasteiger partial charge on any atom is -0.497 e. The molecular weight excluding hydrogens is 234 g/mol. The van der Waals surface area contributed by atoms with Crippen molar-refractivity contribution in [2.24, 2.45) is 0 Å². The molecule has 94 valence electrons. The van der Waals surface area contributed by atoms with Crippen molar-refractivity contribution in [1.29, 1.82) is 0 Å². The molecule has 1 aliphatic heterocycles. The highest BCUT2D eigenvalue weighted by Gasteiger charge is 2.19. The number of ether oxygens (including phenoxy) is 1. The summed E-state index contributed by atoms with van der Waals surface area (Å²) in [5.41, 5.74) is 1.55. The van der Waals surface area contributed by atoms with Crippen LogP contribution in [0.15, 0.2) is 24.3 Å². The molecule has 0 spiro atoms. The Hall–Kier alpha value is -0.730. The molecule has 0 amide bonds. The topological polar surface area (TPSA) is 12.5 Å². The average Bonchev–Trinajstić information content (AvgIpc) is 2.38. The van der Waals surface area contributed by atoms with E-state index in [1.165, 1.54) is 18.4 Å². The third-order valence-electron chi connectivity index (χ3n) is 3.36. The lowest BCUT2D eigenvalue weighted by Gasteiger charge is -2.31. The molecule has 0 N–H and O–H groups in total. The maximum Gasteiger partial charge on any atom is 0.119 e. The molecule has 1 aromatic rings. The van der Waals surface area contributed by atoms with Gasteiger partial charge in [-0.05, 0) is 49.9 Å². The van der Waals surface area contributed by atoms with Gasteiger partial charge in [-0.15, -0.1) is 11.6 Å². The first-order valence-electron chi connectivity index (χ1n) is 6.30. The predicted octanol–water partition coefficient (Wildman–Crippen LogP) is 3.29. The largest absolute Gasteiger partial charge is 0.497 e. The molecule has 17 heavy (non-hydrogen) atoms. The van der Waals surface area contributed by atoms with Gasteiger partial charge >= 0.3 is 0 Å². The fourth-order valence-corrected chi connectivity index (χ4v) is 2.65. The summed E-state index contributed by atoms with van der Waals surface area (Å²) in [6, 6.07) is 8.28. The molecule has 1 aromatic carbocycles. The second-order valence-corrected chi connectivity index (χ2v) is 5.07. The third-order valence-corrected chi connectivity index (χ3v) is 3.85. The zero-order valence-electron chi connectivity index (χ0n) is 10.4. The fraction of sp³-hybridized carbons (Fsp3) is 0.571. The van der Waals surface area contributed by atoms with E-state index in [-0.39, 0.29) is 5.50 Å². The lowest BCUT2D eigenvalue weighted by Crippen LogP contribution is -2.37. The summed E-state index contributed by atoms with van der Waals surface area (Å²) in [7, 11) is 1.71. The van der Waals surface area contributed by atoms with Crippen LogP contribution in [-0.4, -0.2) is 30.6 Å². The van der Waals surface area contributed by atoms with Crippen molar-refractivity contribution in [3.63, 3.8) is 0 Å². The Labute approximate surface area is 109 Å². The van der Waals surface area contributed by atoms with Gasteiger partial charge in [-0.2, -0.15) is 0 Å². The second-order valence-electron chi connectivity index (χ2n) is 4.57. The third kappa shape index (κ3) is 3.62. The molecule has 0 saturated carbocycles. The van der Waals surface area contributed by atoms with Crippen molar-refractivity contribution in [2.75, 3.05) is 20.2 Å². The zero-order valence-corrected chi connectivity index (χ0v) is 11.1. The van der Waals surface area contributed by atoms with E-state index < -0.39 is 0 Å². The molecule has 2 nitrogen and oxygen atoms in total. The van der Waals surface area contributed by atoms with Crippen molar-refractivity contribution in [1.82, 2.24) is 4.90 Å². The van der Waals surface area contributed by atoms with E-state index >= 15 is 0 Å². The summed E-state index contributed by atoms with van der Waals surface area (Å²) < 4.78 is 5.23. The quantitative estimate of drug-likeness (QED) is 0.603. The first-order chi connectivity index (χ1) is 8.29. The van der Waals surface area contributed by atoms with Gasteiger partial charge < -0.3 is 4.74 Å². The van der Waals surface area contributed by atoms with Gasteiger partial charge in [-0.1, -0.05) is 12.1 Å². The van der Waals surface area contributed by atoms with Crippen LogP contribution in [0.25, 0.3) is 0 Å². The van der Waals surface area contributed by atoms with Gasteiger partial charge in [0.1, 0.15) is 5.75 Å². The Kier molecular flexibility index (Phi) is 4.69. The number of hydrogen-bond acceptors (Lipinski definition) is 2. The van der Waals surface area contributed by atoms with E-state index in [0.717, 1.165) is 31.7 Å². The van der Waals surface area contributed by atoms with Gasteiger partial charge in [0.15, 0.2) is 0 Å². The van der Waals surface area contributed by atoms with E-state index in [2.05, 4.69) is 17.0 Å². The van der Waals surface area contributed by atoms with Crippen molar-refractivity contribution < 1.29 is 4.74 Å². The van der Waals surface area contributed by atoms with Crippen molar-refractivity contribution in [3.8, 4) is 5.75 Å². The fourth-order valence-electron chi connectivity index (χ4n) is 2.30. The van der Waals surface area contributed by atoms with Crippen LogP contribution in [0.1, 0.15) is 24.8 Å². The van der Waals surface area contributed by atoms with Gasteiger partial charge in [0.2, 0.25) is 0 Å². The number of benzene rings is 1. The number of rotatable bonds is 4. The molecule has 0 aromatic heterocycles. The van der Waals surface area contributed by atoms with Gasteiger partial charge in [0.25, 0.3) is 0 Å². The van der Waals surface area contributed by atoms with Crippen LogP contribution >= 0.6 is 11.6 Å². The molecule has 1 saturated heterocycles. The number of nitrogens with zero attached hydrogens (tertiary/aromatic N) is 1. The Bertz CT molecular complexity index is 356. The highest BCUT2D eigenvalue weighted by atomic mass is 35.5. The van der Waals surface area contributed by atoms with Crippen LogP contribution in [0.3, 0.4) is 0 Å². The monoisotopic (exact) mass is 253 g/mol. The first kappa shape index (κ1) is 12.7. The minimum atomic E-state index is 0.231. The Morgan fingerprint density at radius 1 is 1.41 bits per heavy atom. The van der Waals surface area contributed by atoms with Gasteiger partial charge in [-0.25, -0.2) is 0 Å². The number of methoxy groups -OCH3 is 1. The standard InChI is InChI=1S/C14H20ClNO/c1-17-13-6-4-5-12(11-13)8-10-16-9-3-2-7-14(16)15/h4-6,11,14H,2-3,7-10H2,1H3/t14-/m0/s1. The predicted molar refractivity (Wildman–Crippen MR) is 71.8 cm³/mol. The van der Waals surface area contributed by atoms with Crippen LogP contribution in [0.4, 0.5) is 0 Å². The first-order valence-corrected chi connectivity index (χ1v) is 6.74. The molecule has 1 heterocycles. The second kappa shape index (κ2) is 6.27. The molecule has 3 heteroatoms. The Morgan fingerprint density at radius 3 is 3.06 bits per heavy atom. The molecule has 2 rings (SSSR count). The minimum absolute atomic E-state index is 0.231. The summed E-state index contributed by atoms with van der Waals surface area (Å²) in [5, 5.41) is 0. The molecule has 1 aliphatic rings. The maximum absolute atomic E-state index is 6.31. The van der Waals surface area contributed by atoms with Gasteiger partial charge in [0, 0.05) is 6.54 Å². The normalized spacial score (nSPS) is 21.4. The highest BCUT2D eigenvalue weighted by Crippen LogP contribution is 2.20. The summed E-state index contributed by atoms with van der Waals surface area (Å²) >= 11 is 6.31. The van der Waals surface area contributed by atoms with Crippen LogP contribution in [0.2, 0.25) is 0 Å². The molecule has 0 aliphatic carbocycles. The zero-order chi connectivity index (χ0) is 12.1. The van der Waals surface area contributed by atoms with E-state index in [1.54, 1.807) is 7.11 Å². The van der Waals surface area contributed by atoms with Crippen LogP contribution in [0, 0.1) is 0 Å². The number of piperidine rings is 1. The highest BCUT2D eigenvalue weighted by molar-refractivity contribution is 6.20. The Balaban J connectivity index is 1.88. The van der Waals surface area contributed by atoms with Crippen LogP contribution in [-0.2, 0) is 6.42 Å². The lowest BCUT2D eigenvalue weighted by molar-refractivity contribution is 0.204. The van der Waals surface area contributed by atoms with Crippen LogP contribution in [0.5, 0.6) is 5.75 Å². The molecule has 0 bridgehead atoms. The summed E-state index contributed by atoms with van der Waals surface area (Å²) in [6.45, 7) is 2.18. The van der Waals surface area contributed by atoms with Crippen molar-refractivity contribution >= 4 is 11.6 Å². The van der Waals surface area contributed by atoms with Gasteiger partial charge in [-0.3, -0.25) is 4.90 Å². The van der Waals surface area contributed by atoms with E-state index in [9.17, 15) is 0 Å². The molecule has 0 unspecified atom stereocenters. The molecule has 0 radical (unpaired) electrons. The average molecular weight is 254 g/mol. The summed E-state index contributed by atoms with van der Waals surface area (Å²) in [4.78, 5) is 2.38. The summed E-state index contributed by atoms with van der Waals surface area (Å²) in [6.07, 6.45) is 4.71. The maximum atomic E-state index is 6.31. The summed E-state index contributed by atoms with van der Waals surface area (Å²) in [5.74, 6) is 0.934. The van der Waals surface area contributed by atoms with Gasteiger partial charge in [0.05, 0.1) is 12.6 Å².